The van der Waals surface area contributed by atoms with Crippen LogP contribution in [0.3, 0.4) is 0 Å². The summed E-state index contributed by atoms with van der Waals surface area (Å²) < 4.78 is 5.53. The molecule has 0 aliphatic heterocycles. The van der Waals surface area contributed by atoms with Crippen LogP contribution in [0.5, 0.6) is 5.88 Å². The predicted molar refractivity (Wildman–Crippen MR) is 97.7 cm³/mol. The second kappa shape index (κ2) is 6.93. The normalized spacial score (nSPS) is 10.8. The summed E-state index contributed by atoms with van der Waals surface area (Å²) in [4.78, 5) is 22.2. The Bertz CT molecular complexity index is 907. The zero-order valence-electron chi connectivity index (χ0n) is 12.9. The minimum Gasteiger partial charge on any atom is -0.477 e. The number of fused-ring (bicyclic) bond motifs is 1. The Hall–Kier alpha value is -1.89. The smallest absolute Gasteiger partial charge is 0.266 e. The Balaban J connectivity index is 1.98. The fraction of sp³-hybridized carbons (Fsp3) is 0.188. The van der Waals surface area contributed by atoms with E-state index in [0.29, 0.717) is 37.9 Å². The third-order valence-corrected chi connectivity index (χ3v) is 4.93. The maximum absolute atomic E-state index is 12.6. The number of aryl methyl sites for hydroxylation is 1. The van der Waals surface area contributed by atoms with Crippen molar-refractivity contribution in [1.29, 1.82) is 0 Å². The van der Waals surface area contributed by atoms with E-state index >= 15 is 0 Å². The molecule has 2 heterocycles. The molecule has 8 heteroatoms. The SMILES string of the molecule is CCOc1ncnc2sc(C(=O)Nc3cc(Cl)cc(Cl)c3)c(C)c12. The molecule has 1 amide bonds. The first-order valence-corrected chi connectivity index (χ1v) is 8.71. The van der Waals surface area contributed by atoms with Crippen molar-refractivity contribution in [2.24, 2.45) is 0 Å². The number of rotatable bonds is 4. The van der Waals surface area contributed by atoms with Gasteiger partial charge in [-0.1, -0.05) is 23.2 Å². The second-order valence-corrected chi connectivity index (χ2v) is 6.83. The number of anilines is 1. The van der Waals surface area contributed by atoms with Gasteiger partial charge >= 0.3 is 0 Å². The first-order valence-electron chi connectivity index (χ1n) is 7.14. The first-order chi connectivity index (χ1) is 11.5. The number of thiophene rings is 1. The summed E-state index contributed by atoms with van der Waals surface area (Å²) in [7, 11) is 0. The molecule has 1 aromatic carbocycles. The fourth-order valence-corrected chi connectivity index (χ4v) is 3.88. The number of carbonyl (C=O) groups is 1. The fourth-order valence-electron chi connectivity index (χ4n) is 2.32. The summed E-state index contributed by atoms with van der Waals surface area (Å²) in [5, 5.41) is 4.48. The Morgan fingerprint density at radius 3 is 2.62 bits per heavy atom. The van der Waals surface area contributed by atoms with Crippen LogP contribution in [-0.4, -0.2) is 22.5 Å². The van der Waals surface area contributed by atoms with Crippen molar-refractivity contribution in [2.45, 2.75) is 13.8 Å². The number of halogens is 2. The van der Waals surface area contributed by atoms with Gasteiger partial charge in [-0.15, -0.1) is 11.3 Å². The predicted octanol–water partition coefficient (Wildman–Crippen LogP) is 4.96. The van der Waals surface area contributed by atoms with Gasteiger partial charge in [0.1, 0.15) is 11.2 Å². The van der Waals surface area contributed by atoms with E-state index in [-0.39, 0.29) is 5.91 Å². The van der Waals surface area contributed by atoms with Crippen LogP contribution < -0.4 is 10.1 Å². The molecule has 0 atom stereocenters. The Morgan fingerprint density at radius 1 is 1.25 bits per heavy atom. The molecule has 0 saturated heterocycles. The summed E-state index contributed by atoms with van der Waals surface area (Å²) in [6.45, 7) is 4.22. The number of benzene rings is 1. The highest BCUT2D eigenvalue weighted by atomic mass is 35.5. The van der Waals surface area contributed by atoms with Gasteiger partial charge in [0.15, 0.2) is 0 Å². The lowest BCUT2D eigenvalue weighted by molar-refractivity contribution is 0.103. The highest BCUT2D eigenvalue weighted by molar-refractivity contribution is 7.20. The van der Waals surface area contributed by atoms with E-state index in [1.54, 1.807) is 18.2 Å². The summed E-state index contributed by atoms with van der Waals surface area (Å²) in [6, 6.07) is 4.88. The summed E-state index contributed by atoms with van der Waals surface area (Å²) in [5.74, 6) is 0.234. The van der Waals surface area contributed by atoms with Gasteiger partial charge in [-0.05, 0) is 37.6 Å². The lowest BCUT2D eigenvalue weighted by atomic mass is 10.2. The molecule has 24 heavy (non-hydrogen) atoms. The van der Waals surface area contributed by atoms with Gasteiger partial charge in [-0.3, -0.25) is 4.79 Å². The summed E-state index contributed by atoms with van der Waals surface area (Å²) >= 11 is 13.2. The van der Waals surface area contributed by atoms with Crippen LogP contribution in [0, 0.1) is 6.92 Å². The quantitative estimate of drug-likeness (QED) is 0.693. The van der Waals surface area contributed by atoms with Crippen LogP contribution in [0.15, 0.2) is 24.5 Å². The zero-order chi connectivity index (χ0) is 17.3. The van der Waals surface area contributed by atoms with E-state index in [2.05, 4.69) is 15.3 Å². The lowest BCUT2D eigenvalue weighted by Crippen LogP contribution is -2.11. The highest BCUT2D eigenvalue weighted by Gasteiger charge is 2.20. The van der Waals surface area contributed by atoms with Crippen molar-refractivity contribution in [3.05, 3.63) is 45.0 Å². The van der Waals surface area contributed by atoms with Gasteiger partial charge in [-0.2, -0.15) is 0 Å². The van der Waals surface area contributed by atoms with E-state index in [1.807, 2.05) is 13.8 Å². The number of nitrogens with zero attached hydrogens (tertiary/aromatic N) is 2. The minimum atomic E-state index is -0.253. The molecule has 3 aromatic rings. The summed E-state index contributed by atoms with van der Waals surface area (Å²) in [6.07, 6.45) is 1.43. The number of nitrogens with one attached hydrogen (secondary N) is 1. The van der Waals surface area contributed by atoms with Crippen molar-refractivity contribution in [1.82, 2.24) is 9.97 Å². The van der Waals surface area contributed by atoms with Crippen molar-refractivity contribution in [3.63, 3.8) is 0 Å². The number of hydrogen-bond acceptors (Lipinski definition) is 5. The molecule has 0 aliphatic carbocycles. The van der Waals surface area contributed by atoms with Gasteiger partial charge in [0, 0.05) is 15.7 Å². The van der Waals surface area contributed by atoms with E-state index < -0.39 is 0 Å². The van der Waals surface area contributed by atoms with Crippen molar-refractivity contribution in [3.8, 4) is 5.88 Å². The van der Waals surface area contributed by atoms with Crippen molar-refractivity contribution in [2.75, 3.05) is 11.9 Å². The van der Waals surface area contributed by atoms with Gasteiger partial charge < -0.3 is 10.1 Å². The molecule has 1 N–H and O–H groups in total. The van der Waals surface area contributed by atoms with Crippen LogP contribution in [0.2, 0.25) is 10.0 Å². The van der Waals surface area contributed by atoms with Gasteiger partial charge in [0.05, 0.1) is 16.9 Å². The molecule has 2 aromatic heterocycles. The monoisotopic (exact) mass is 381 g/mol. The van der Waals surface area contributed by atoms with Crippen LogP contribution in [0.25, 0.3) is 10.2 Å². The van der Waals surface area contributed by atoms with Crippen LogP contribution in [-0.2, 0) is 0 Å². The van der Waals surface area contributed by atoms with E-state index in [4.69, 9.17) is 27.9 Å². The van der Waals surface area contributed by atoms with E-state index in [9.17, 15) is 4.79 Å². The van der Waals surface area contributed by atoms with Gasteiger partial charge in [0.2, 0.25) is 5.88 Å². The third-order valence-electron chi connectivity index (χ3n) is 3.30. The topological polar surface area (TPSA) is 64.1 Å². The Kier molecular flexibility index (Phi) is 4.89. The molecule has 0 bridgehead atoms. The molecule has 0 fully saturated rings. The number of aromatic nitrogens is 2. The maximum Gasteiger partial charge on any atom is 0.266 e. The zero-order valence-corrected chi connectivity index (χ0v) is 15.2. The average molecular weight is 382 g/mol. The molecule has 0 saturated carbocycles. The van der Waals surface area contributed by atoms with Gasteiger partial charge in [-0.25, -0.2) is 9.97 Å². The molecule has 0 spiro atoms. The first kappa shape index (κ1) is 17.0. The maximum atomic E-state index is 12.6. The number of amides is 1. The van der Waals surface area contributed by atoms with E-state index in [0.717, 1.165) is 10.9 Å². The lowest BCUT2D eigenvalue weighted by Gasteiger charge is -2.06. The molecular weight excluding hydrogens is 369 g/mol. The second-order valence-electron chi connectivity index (χ2n) is 4.96. The molecule has 0 radical (unpaired) electrons. The van der Waals surface area contributed by atoms with Crippen molar-refractivity contribution >= 4 is 56.3 Å². The molecule has 0 unspecified atom stereocenters. The largest absolute Gasteiger partial charge is 0.477 e. The van der Waals surface area contributed by atoms with Crippen LogP contribution in [0.4, 0.5) is 5.69 Å². The molecule has 124 valence electrons. The van der Waals surface area contributed by atoms with Gasteiger partial charge in [0.25, 0.3) is 5.91 Å². The minimum absolute atomic E-state index is 0.253. The van der Waals surface area contributed by atoms with Crippen molar-refractivity contribution < 1.29 is 9.53 Å². The van der Waals surface area contributed by atoms with Crippen LogP contribution >= 0.6 is 34.5 Å². The Labute approximate surface area is 152 Å². The molecule has 0 aliphatic rings. The van der Waals surface area contributed by atoms with E-state index in [1.165, 1.54) is 17.7 Å². The summed E-state index contributed by atoms with van der Waals surface area (Å²) in [5.41, 5.74) is 1.31. The van der Waals surface area contributed by atoms with Crippen LogP contribution in [0.1, 0.15) is 22.2 Å². The molecule has 3 rings (SSSR count). The Morgan fingerprint density at radius 2 is 1.96 bits per heavy atom. The standard InChI is InChI=1S/C16H13Cl2N3O2S/c1-3-23-15-12-8(2)13(24-16(12)20-7-19-15)14(22)21-11-5-9(17)4-10(18)6-11/h4-7H,3H2,1-2H3,(H,21,22). The molecule has 5 nitrogen and oxygen atoms in total. The number of carbonyl (C=O) groups excluding carboxylic acids is 1. The third kappa shape index (κ3) is 3.31. The average Bonchev–Trinajstić information content (AvgIpc) is 2.85. The highest BCUT2D eigenvalue weighted by Crippen LogP contribution is 2.35. The number of hydrogen-bond donors (Lipinski definition) is 1. The molecular formula is C16H13Cl2N3O2S. The number of ether oxygens (including phenoxy) is 1.